The van der Waals surface area contributed by atoms with E-state index >= 15 is 0 Å². The number of amides is 2. The van der Waals surface area contributed by atoms with Crippen molar-refractivity contribution in [1.29, 1.82) is 0 Å². The number of hydrogen-bond acceptors (Lipinski definition) is 6. The number of hydrogen-bond donors (Lipinski definition) is 0. The van der Waals surface area contributed by atoms with Crippen LogP contribution >= 0.6 is 0 Å². The van der Waals surface area contributed by atoms with Gasteiger partial charge in [0, 0.05) is 35.6 Å². The molecule has 2 amide bonds. The minimum Gasteiger partial charge on any atom is -0.491 e. The van der Waals surface area contributed by atoms with Gasteiger partial charge in [0.25, 0.3) is 11.8 Å². The van der Waals surface area contributed by atoms with Gasteiger partial charge >= 0.3 is 0 Å². The van der Waals surface area contributed by atoms with Crippen LogP contribution in [0.4, 0.5) is 11.4 Å². The molecule has 0 radical (unpaired) electrons. The predicted molar refractivity (Wildman–Crippen MR) is 235 cm³/mol. The van der Waals surface area contributed by atoms with Gasteiger partial charge in [-0.1, -0.05) is 102 Å². The van der Waals surface area contributed by atoms with Gasteiger partial charge in [0.1, 0.15) is 36.9 Å². The molecule has 0 aliphatic carbocycles. The van der Waals surface area contributed by atoms with Crippen molar-refractivity contribution in [3.05, 3.63) is 108 Å². The molecule has 0 saturated carbocycles. The van der Waals surface area contributed by atoms with Crippen molar-refractivity contribution < 1.29 is 28.5 Å². The highest BCUT2D eigenvalue weighted by atomic mass is 16.6. The van der Waals surface area contributed by atoms with Crippen LogP contribution in [0.15, 0.2) is 97.1 Å². The lowest BCUT2D eigenvalue weighted by atomic mass is 10.0. The summed E-state index contributed by atoms with van der Waals surface area (Å²) < 4.78 is 22.4. The Bertz CT molecular complexity index is 1960. The van der Waals surface area contributed by atoms with Crippen LogP contribution in [-0.4, -0.2) is 63.5 Å². The standard InChI is InChI=1S/C50H60N2O6/c1-3-5-7-9-11-13-27-51(49(53)41-17-15-39-31-45(25-19-37(39)29-41)55-33-47-35-57-47)43-21-23-44(24-22-43)52(28-14-12-10-8-6-4-2)50(54)42-18-16-40-32-46(26-20-38(40)30-42)56-34-48-36-58-48/h15-26,29-32,47-48H,3-14,27-28,33-36H2,1-2H3. The van der Waals surface area contributed by atoms with Gasteiger partial charge in [-0.05, 0) is 107 Å². The van der Waals surface area contributed by atoms with Crippen LogP contribution in [-0.2, 0) is 9.47 Å². The van der Waals surface area contributed by atoms with Crippen LogP contribution in [0.5, 0.6) is 11.5 Å². The summed E-state index contributed by atoms with van der Waals surface area (Å²) in [6.07, 6.45) is 14.0. The molecule has 58 heavy (non-hydrogen) atoms. The highest BCUT2D eigenvalue weighted by Gasteiger charge is 2.25. The SMILES string of the molecule is CCCCCCCCN(C(=O)c1ccc2cc(OCC3CO3)ccc2c1)c1ccc(N(CCCCCCCC)C(=O)c2ccc3cc(OCC4CO4)ccc3c2)cc1. The molecule has 2 heterocycles. The Hall–Kier alpha value is -4.92. The molecule has 0 spiro atoms. The van der Waals surface area contributed by atoms with Crippen molar-refractivity contribution in [3.8, 4) is 11.5 Å². The van der Waals surface area contributed by atoms with Crippen molar-refractivity contribution in [1.82, 2.24) is 0 Å². The van der Waals surface area contributed by atoms with E-state index in [4.69, 9.17) is 18.9 Å². The number of anilines is 2. The van der Waals surface area contributed by atoms with Crippen LogP contribution in [0.1, 0.15) is 112 Å². The molecule has 0 bridgehead atoms. The first kappa shape index (κ1) is 41.2. The zero-order valence-electron chi connectivity index (χ0n) is 34.5. The fourth-order valence-corrected chi connectivity index (χ4v) is 7.52. The molecule has 2 aliphatic rings. The summed E-state index contributed by atoms with van der Waals surface area (Å²) in [5.74, 6) is 1.55. The molecule has 2 unspecified atom stereocenters. The van der Waals surface area contributed by atoms with Crippen LogP contribution < -0.4 is 19.3 Å². The van der Waals surface area contributed by atoms with Gasteiger partial charge in [0.15, 0.2) is 0 Å². The van der Waals surface area contributed by atoms with E-state index in [1.54, 1.807) is 0 Å². The molecule has 7 rings (SSSR count). The van der Waals surface area contributed by atoms with E-state index < -0.39 is 0 Å². The number of nitrogens with zero attached hydrogens (tertiary/aromatic N) is 2. The fraction of sp³-hybridized carbons (Fsp3) is 0.440. The summed E-state index contributed by atoms with van der Waals surface area (Å²) >= 11 is 0. The third-order valence-electron chi connectivity index (χ3n) is 11.2. The Balaban J connectivity index is 1.10. The first-order valence-corrected chi connectivity index (χ1v) is 21.8. The second-order valence-electron chi connectivity index (χ2n) is 15.9. The third kappa shape index (κ3) is 11.6. The Labute approximate surface area is 344 Å². The van der Waals surface area contributed by atoms with E-state index in [0.717, 1.165) is 96.2 Å². The topological polar surface area (TPSA) is 84.1 Å². The quantitative estimate of drug-likeness (QED) is 0.0458. The summed E-state index contributed by atoms with van der Waals surface area (Å²) in [5, 5.41) is 4.03. The number of fused-ring (bicyclic) bond motifs is 2. The maximum Gasteiger partial charge on any atom is 0.258 e. The Morgan fingerprint density at radius 2 is 0.862 bits per heavy atom. The Morgan fingerprint density at radius 3 is 1.26 bits per heavy atom. The lowest BCUT2D eigenvalue weighted by Crippen LogP contribution is -2.33. The molecule has 5 aromatic rings. The number of carbonyl (C=O) groups is 2. The fourth-order valence-electron chi connectivity index (χ4n) is 7.52. The molecule has 2 atom stereocenters. The molecule has 306 valence electrons. The van der Waals surface area contributed by atoms with Gasteiger partial charge in [0.05, 0.1) is 13.2 Å². The number of benzene rings is 5. The lowest BCUT2D eigenvalue weighted by molar-refractivity contribution is 0.0978. The zero-order chi connectivity index (χ0) is 40.1. The normalized spacial score (nSPS) is 15.7. The van der Waals surface area contributed by atoms with E-state index in [0.29, 0.717) is 37.4 Å². The number of ether oxygens (including phenoxy) is 4. The summed E-state index contributed by atoms with van der Waals surface area (Å²) in [4.78, 5) is 32.6. The van der Waals surface area contributed by atoms with Gasteiger partial charge in [-0.15, -0.1) is 0 Å². The zero-order valence-corrected chi connectivity index (χ0v) is 34.5. The second-order valence-corrected chi connectivity index (χ2v) is 15.9. The Morgan fingerprint density at radius 1 is 0.500 bits per heavy atom. The largest absolute Gasteiger partial charge is 0.491 e. The van der Waals surface area contributed by atoms with Crippen molar-refractivity contribution in [2.75, 3.05) is 49.3 Å². The summed E-state index contributed by atoms with van der Waals surface area (Å²) in [5.41, 5.74) is 2.96. The number of epoxide rings is 2. The Kier molecular flexibility index (Phi) is 14.7. The van der Waals surface area contributed by atoms with E-state index in [1.165, 1.54) is 38.5 Å². The highest BCUT2D eigenvalue weighted by molar-refractivity contribution is 6.09. The number of rotatable bonds is 24. The van der Waals surface area contributed by atoms with E-state index in [9.17, 15) is 9.59 Å². The molecule has 0 N–H and O–H groups in total. The van der Waals surface area contributed by atoms with Gasteiger partial charge in [-0.2, -0.15) is 0 Å². The van der Waals surface area contributed by atoms with Crippen molar-refractivity contribution in [3.63, 3.8) is 0 Å². The first-order chi connectivity index (χ1) is 28.5. The summed E-state index contributed by atoms with van der Waals surface area (Å²) in [7, 11) is 0. The summed E-state index contributed by atoms with van der Waals surface area (Å²) in [6, 6.07) is 31.8. The van der Waals surface area contributed by atoms with Crippen LogP contribution in [0.25, 0.3) is 21.5 Å². The lowest BCUT2D eigenvalue weighted by Gasteiger charge is -2.26. The van der Waals surface area contributed by atoms with Crippen LogP contribution in [0.2, 0.25) is 0 Å². The van der Waals surface area contributed by atoms with Crippen LogP contribution in [0, 0.1) is 0 Å². The monoisotopic (exact) mass is 784 g/mol. The van der Waals surface area contributed by atoms with Crippen LogP contribution in [0.3, 0.4) is 0 Å². The molecule has 0 aromatic heterocycles. The van der Waals surface area contributed by atoms with Gasteiger partial charge in [-0.25, -0.2) is 0 Å². The molecular formula is C50H60N2O6. The highest BCUT2D eigenvalue weighted by Crippen LogP contribution is 2.29. The molecule has 2 aliphatic heterocycles. The molecule has 8 heteroatoms. The van der Waals surface area contributed by atoms with Crippen molar-refractivity contribution in [2.45, 2.75) is 103 Å². The number of unbranched alkanes of at least 4 members (excludes halogenated alkanes) is 10. The van der Waals surface area contributed by atoms with Gasteiger partial charge < -0.3 is 28.7 Å². The third-order valence-corrected chi connectivity index (χ3v) is 11.2. The molecular weight excluding hydrogens is 725 g/mol. The van der Waals surface area contributed by atoms with E-state index in [1.807, 2.05) is 107 Å². The van der Waals surface area contributed by atoms with E-state index in [2.05, 4.69) is 13.8 Å². The molecule has 5 aromatic carbocycles. The smallest absolute Gasteiger partial charge is 0.258 e. The maximum absolute atomic E-state index is 14.4. The van der Waals surface area contributed by atoms with E-state index in [-0.39, 0.29) is 24.0 Å². The predicted octanol–water partition coefficient (Wildman–Crippen LogP) is 11.6. The number of carbonyl (C=O) groups excluding carboxylic acids is 2. The molecule has 2 fully saturated rings. The van der Waals surface area contributed by atoms with Crippen molar-refractivity contribution in [2.24, 2.45) is 0 Å². The molecule has 2 saturated heterocycles. The first-order valence-electron chi connectivity index (χ1n) is 21.8. The molecule has 8 nitrogen and oxygen atoms in total. The maximum atomic E-state index is 14.4. The van der Waals surface area contributed by atoms with Crippen molar-refractivity contribution >= 4 is 44.7 Å². The van der Waals surface area contributed by atoms with Gasteiger partial charge in [0.2, 0.25) is 0 Å². The average Bonchev–Trinajstić information content (AvgIpc) is 4.21. The van der Waals surface area contributed by atoms with Gasteiger partial charge in [-0.3, -0.25) is 9.59 Å². The minimum absolute atomic E-state index is 0.0278. The average molecular weight is 785 g/mol. The second kappa shape index (κ2) is 20.7. The summed E-state index contributed by atoms with van der Waals surface area (Å²) in [6.45, 7) is 8.32. The minimum atomic E-state index is -0.0278.